The van der Waals surface area contributed by atoms with Crippen LogP contribution in [0.25, 0.3) is 0 Å². The maximum Gasteiger partial charge on any atom is 0.255 e. The minimum Gasteiger partial charge on any atom is -0.508 e. The number of rotatable bonds is 9. The van der Waals surface area contributed by atoms with E-state index in [1.54, 1.807) is 7.11 Å². The molecule has 2 aliphatic rings. The molecule has 9 heteroatoms. The number of hydrogen-bond donors (Lipinski definition) is 3. The number of fused-ring (bicyclic) bond motifs is 2. The zero-order chi connectivity index (χ0) is 24.1. The van der Waals surface area contributed by atoms with Gasteiger partial charge in [-0.15, -0.1) is 0 Å². The predicted molar refractivity (Wildman–Crippen MR) is 127 cm³/mol. The Bertz CT molecular complexity index is 1010. The van der Waals surface area contributed by atoms with Crippen molar-refractivity contribution < 1.29 is 29.2 Å². The highest BCUT2D eigenvalue weighted by molar-refractivity contribution is 6.30. The molecule has 4 rings (SSSR count). The van der Waals surface area contributed by atoms with Crippen LogP contribution in [0.2, 0.25) is 5.02 Å². The highest BCUT2D eigenvalue weighted by atomic mass is 35.5. The van der Waals surface area contributed by atoms with E-state index in [0.717, 1.165) is 36.5 Å². The van der Waals surface area contributed by atoms with Gasteiger partial charge in [-0.1, -0.05) is 17.7 Å². The van der Waals surface area contributed by atoms with Crippen LogP contribution in [0, 0.1) is 0 Å². The number of carbonyl (C=O) groups excluding carboxylic acids is 1. The third-order valence-electron chi connectivity index (χ3n) is 6.43. The number of aliphatic hydroxyl groups is 1. The summed E-state index contributed by atoms with van der Waals surface area (Å²) >= 11 is 6.12. The van der Waals surface area contributed by atoms with Gasteiger partial charge >= 0.3 is 0 Å². The molecule has 0 bridgehead atoms. The number of ether oxygens (including phenoxy) is 3. The van der Waals surface area contributed by atoms with Crippen molar-refractivity contribution in [2.45, 2.75) is 31.2 Å². The summed E-state index contributed by atoms with van der Waals surface area (Å²) in [5.74, 6) is -0.125. The fraction of sp³-hybridized carbons (Fsp3) is 0.480. The van der Waals surface area contributed by atoms with Crippen LogP contribution in [-0.2, 0) is 21.7 Å². The lowest BCUT2D eigenvalue weighted by molar-refractivity contribution is -0.0835. The van der Waals surface area contributed by atoms with Crippen molar-refractivity contribution in [3.8, 4) is 11.5 Å². The highest BCUT2D eigenvalue weighted by Crippen LogP contribution is 2.44. The number of methoxy groups -OCH3 is 1. The van der Waals surface area contributed by atoms with Gasteiger partial charge < -0.3 is 34.6 Å². The number of β-amino-alcohol motifs (C(OH)–C–C–N with tert-alkyl or cyclic N) is 1. The molecule has 2 heterocycles. The Morgan fingerprint density at radius 2 is 2.06 bits per heavy atom. The first-order valence-corrected chi connectivity index (χ1v) is 11.8. The van der Waals surface area contributed by atoms with Crippen molar-refractivity contribution in [1.29, 1.82) is 0 Å². The Morgan fingerprint density at radius 1 is 1.26 bits per heavy atom. The van der Waals surface area contributed by atoms with Crippen LogP contribution in [-0.4, -0.2) is 73.6 Å². The topological polar surface area (TPSA) is 100 Å². The smallest absolute Gasteiger partial charge is 0.255 e. The third-order valence-corrected chi connectivity index (χ3v) is 6.66. The van der Waals surface area contributed by atoms with Gasteiger partial charge in [-0.25, -0.2) is 0 Å². The van der Waals surface area contributed by atoms with Crippen LogP contribution in [0.5, 0.6) is 11.5 Å². The van der Waals surface area contributed by atoms with Crippen molar-refractivity contribution in [1.82, 2.24) is 10.2 Å². The zero-order valence-corrected chi connectivity index (χ0v) is 20.0. The molecule has 0 radical (unpaired) electrons. The summed E-state index contributed by atoms with van der Waals surface area (Å²) in [6.07, 6.45) is 0.928. The minimum absolute atomic E-state index is 0.00127. The summed E-state index contributed by atoms with van der Waals surface area (Å²) < 4.78 is 16.9. The van der Waals surface area contributed by atoms with Crippen LogP contribution < -0.4 is 10.1 Å². The summed E-state index contributed by atoms with van der Waals surface area (Å²) in [6, 6.07) is 10.3. The molecule has 1 atom stereocenters. The van der Waals surface area contributed by atoms with Crippen molar-refractivity contribution in [2.75, 3.05) is 46.5 Å². The number of hydrogen-bond acceptors (Lipinski definition) is 7. The molecule has 8 nitrogen and oxygen atoms in total. The first-order chi connectivity index (χ1) is 16.4. The van der Waals surface area contributed by atoms with Gasteiger partial charge in [-0.3, -0.25) is 4.79 Å². The molecule has 184 valence electrons. The Balaban J connectivity index is 1.29. The number of piperidine rings is 1. The molecular weight excluding hydrogens is 460 g/mol. The van der Waals surface area contributed by atoms with Gasteiger partial charge in [-0.2, -0.15) is 0 Å². The van der Waals surface area contributed by atoms with E-state index >= 15 is 0 Å². The molecule has 0 aromatic heterocycles. The normalized spacial score (nSPS) is 18.0. The van der Waals surface area contributed by atoms with Gasteiger partial charge in [0.1, 0.15) is 24.2 Å². The van der Waals surface area contributed by atoms with Crippen LogP contribution >= 0.6 is 11.6 Å². The van der Waals surface area contributed by atoms with E-state index < -0.39 is 6.10 Å². The van der Waals surface area contributed by atoms with Gasteiger partial charge in [0.25, 0.3) is 5.91 Å². The van der Waals surface area contributed by atoms with Gasteiger partial charge in [-0.05, 0) is 48.2 Å². The number of carbonyl (C=O) groups is 1. The average Bonchev–Trinajstić information content (AvgIpc) is 3.16. The number of likely N-dealkylation sites (tertiary alicyclic amines) is 1. The molecule has 0 aliphatic carbocycles. The second-order valence-corrected chi connectivity index (χ2v) is 9.22. The van der Waals surface area contributed by atoms with Crippen LogP contribution in [0.15, 0.2) is 36.4 Å². The number of aliphatic hydroxyl groups excluding tert-OH is 1. The Hall–Kier alpha value is -2.36. The number of phenols is 1. The van der Waals surface area contributed by atoms with E-state index in [4.69, 9.17) is 25.8 Å². The fourth-order valence-electron chi connectivity index (χ4n) is 4.65. The summed E-state index contributed by atoms with van der Waals surface area (Å²) in [4.78, 5) is 14.6. The van der Waals surface area contributed by atoms with Crippen LogP contribution in [0.4, 0.5) is 0 Å². The Kier molecular flexibility index (Phi) is 7.95. The van der Waals surface area contributed by atoms with Crippen molar-refractivity contribution in [3.05, 3.63) is 58.1 Å². The van der Waals surface area contributed by atoms with Crippen molar-refractivity contribution in [2.24, 2.45) is 0 Å². The van der Waals surface area contributed by atoms with Crippen molar-refractivity contribution in [3.63, 3.8) is 0 Å². The SMILES string of the molecule is COCCNC(=O)c1ccc(O)cc1OC[C@@H](O)CN1CCC2(CC1)OCc1cc(Cl)ccc12. The molecule has 1 spiro atoms. The number of aromatic hydroxyl groups is 1. The second kappa shape index (κ2) is 10.9. The molecule has 2 aliphatic heterocycles. The molecule has 2 aromatic carbocycles. The lowest BCUT2D eigenvalue weighted by Gasteiger charge is -2.39. The number of nitrogens with one attached hydrogen (secondary N) is 1. The lowest BCUT2D eigenvalue weighted by Crippen LogP contribution is -2.46. The van der Waals surface area contributed by atoms with Crippen molar-refractivity contribution >= 4 is 17.5 Å². The quantitative estimate of drug-likeness (QED) is 0.465. The standard InChI is InChI=1S/C25H31ClN2O6/c1-32-11-8-27-24(31)21-4-3-19(29)13-23(21)33-16-20(30)14-28-9-6-25(7-10-28)22-5-2-18(26)12-17(22)15-34-25/h2-5,12-13,20,29-30H,6-11,14-16H2,1H3,(H,27,31)/t20-/m0/s1. The monoisotopic (exact) mass is 490 g/mol. The average molecular weight is 491 g/mol. The third kappa shape index (κ3) is 5.64. The van der Waals surface area contributed by atoms with Gasteiger partial charge in [0.05, 0.1) is 24.4 Å². The second-order valence-electron chi connectivity index (χ2n) is 8.78. The molecule has 1 fully saturated rings. The summed E-state index contributed by atoms with van der Waals surface area (Å²) in [6.45, 7) is 3.35. The molecule has 0 unspecified atom stereocenters. The molecule has 34 heavy (non-hydrogen) atoms. The highest BCUT2D eigenvalue weighted by Gasteiger charge is 2.42. The maximum absolute atomic E-state index is 12.4. The fourth-order valence-corrected chi connectivity index (χ4v) is 4.84. The van der Waals surface area contributed by atoms with Crippen LogP contribution in [0.1, 0.15) is 34.3 Å². The number of nitrogens with zero attached hydrogens (tertiary/aromatic N) is 1. The zero-order valence-electron chi connectivity index (χ0n) is 19.3. The molecule has 3 N–H and O–H groups in total. The summed E-state index contributed by atoms with van der Waals surface area (Å²) in [5.41, 5.74) is 2.39. The van der Waals surface area contributed by atoms with E-state index in [1.165, 1.54) is 23.8 Å². The number of benzene rings is 2. The first-order valence-electron chi connectivity index (χ1n) is 11.5. The van der Waals surface area contributed by atoms with E-state index in [0.29, 0.717) is 26.3 Å². The molecule has 1 amide bonds. The molecule has 0 saturated carbocycles. The van der Waals surface area contributed by atoms with Gasteiger partial charge in [0.15, 0.2) is 0 Å². The summed E-state index contributed by atoms with van der Waals surface area (Å²) in [5, 5.41) is 23.9. The summed E-state index contributed by atoms with van der Waals surface area (Å²) in [7, 11) is 1.56. The predicted octanol–water partition coefficient (Wildman–Crippen LogP) is 2.68. The number of halogens is 1. The Morgan fingerprint density at radius 3 is 2.82 bits per heavy atom. The maximum atomic E-state index is 12.4. The first kappa shape index (κ1) is 24.8. The number of amides is 1. The Labute approximate surface area is 204 Å². The van der Waals surface area contributed by atoms with E-state index in [9.17, 15) is 15.0 Å². The lowest BCUT2D eigenvalue weighted by atomic mass is 9.84. The van der Waals surface area contributed by atoms with Crippen LogP contribution in [0.3, 0.4) is 0 Å². The molecule has 2 aromatic rings. The van der Waals surface area contributed by atoms with Gasteiger partial charge in [0.2, 0.25) is 0 Å². The molecular formula is C25H31ClN2O6. The minimum atomic E-state index is -0.753. The largest absolute Gasteiger partial charge is 0.508 e. The molecule has 1 saturated heterocycles. The van der Waals surface area contributed by atoms with E-state index in [-0.39, 0.29) is 35.2 Å². The van der Waals surface area contributed by atoms with E-state index in [1.807, 2.05) is 12.1 Å². The van der Waals surface area contributed by atoms with Gasteiger partial charge in [0, 0.05) is 44.4 Å². The van der Waals surface area contributed by atoms with E-state index in [2.05, 4.69) is 16.3 Å². The number of phenolic OH excluding ortho intramolecular Hbond substituents is 1.